The fourth-order valence-electron chi connectivity index (χ4n) is 4.86. The topological polar surface area (TPSA) is 80.9 Å². The van der Waals surface area contributed by atoms with Gasteiger partial charge >= 0.3 is 0 Å². The van der Waals surface area contributed by atoms with Crippen LogP contribution >= 0.6 is 0 Å². The first kappa shape index (κ1) is 32.1. The molecule has 0 atom stereocenters. The maximum atomic E-state index is 10.2. The molecule has 0 saturated carbocycles. The molecule has 0 spiro atoms. The molecule has 4 N–H and O–H groups in total. The van der Waals surface area contributed by atoms with Gasteiger partial charge in [0.25, 0.3) is 0 Å². The van der Waals surface area contributed by atoms with Crippen molar-refractivity contribution >= 4 is 0 Å². The lowest BCUT2D eigenvalue weighted by Gasteiger charge is -2.11. The Balaban J connectivity index is 0.000000231. The first-order chi connectivity index (χ1) is 20.3. The Morgan fingerprint density at radius 3 is 1.05 bits per heavy atom. The predicted octanol–water partition coefficient (Wildman–Crippen LogP) is 9.67. The summed E-state index contributed by atoms with van der Waals surface area (Å²) in [4.78, 5) is 0. The molecule has 0 saturated heterocycles. The Morgan fingerprint density at radius 2 is 0.762 bits per heavy atom. The third-order valence-electron chi connectivity index (χ3n) is 7.22. The highest BCUT2D eigenvalue weighted by Crippen LogP contribution is 2.38. The molecular weight excluding hydrogens is 520 g/mol. The number of aryl methyl sites for hydroxylation is 2. The highest BCUT2D eigenvalue weighted by Gasteiger charge is 2.12. The van der Waals surface area contributed by atoms with Gasteiger partial charge in [0.15, 0.2) is 0 Å². The Kier molecular flexibility index (Phi) is 12.3. The summed E-state index contributed by atoms with van der Waals surface area (Å²) >= 11 is 0. The highest BCUT2D eigenvalue weighted by molar-refractivity contribution is 5.77. The highest BCUT2D eigenvalue weighted by atomic mass is 16.3. The van der Waals surface area contributed by atoms with E-state index in [-0.39, 0.29) is 23.0 Å². The van der Waals surface area contributed by atoms with Gasteiger partial charge in [0.2, 0.25) is 0 Å². The average Bonchev–Trinajstić information content (AvgIpc) is 2.99. The molecule has 0 bridgehead atoms. The van der Waals surface area contributed by atoms with Gasteiger partial charge in [0.1, 0.15) is 23.0 Å². The molecule has 4 nitrogen and oxygen atoms in total. The fraction of sp³-hybridized carbons (Fsp3) is 0.263. The molecular formula is C38H44O4. The van der Waals surface area contributed by atoms with Gasteiger partial charge in [-0.2, -0.15) is 0 Å². The van der Waals surface area contributed by atoms with Crippen LogP contribution in [-0.2, 0) is 25.7 Å². The van der Waals surface area contributed by atoms with Crippen molar-refractivity contribution in [3.8, 4) is 45.3 Å². The number of benzene rings is 4. The van der Waals surface area contributed by atoms with Gasteiger partial charge in [-0.25, -0.2) is 0 Å². The number of phenols is 4. The van der Waals surface area contributed by atoms with Gasteiger partial charge in [0, 0.05) is 22.3 Å². The zero-order valence-electron chi connectivity index (χ0n) is 24.9. The van der Waals surface area contributed by atoms with Crippen LogP contribution in [0.2, 0.25) is 0 Å². The minimum Gasteiger partial charge on any atom is -0.507 e. The molecule has 0 aliphatic carbocycles. The van der Waals surface area contributed by atoms with Gasteiger partial charge in [-0.05, 0) is 109 Å². The van der Waals surface area contributed by atoms with Crippen LogP contribution in [-0.4, -0.2) is 20.4 Å². The van der Waals surface area contributed by atoms with E-state index in [1.54, 1.807) is 24.3 Å². The molecule has 42 heavy (non-hydrogen) atoms. The molecule has 4 aromatic carbocycles. The summed E-state index contributed by atoms with van der Waals surface area (Å²) in [6.45, 7) is 11.8. The number of phenolic OH excluding ortho intramolecular Hbond substituents is 4. The van der Waals surface area contributed by atoms with Crippen LogP contribution < -0.4 is 0 Å². The van der Waals surface area contributed by atoms with Crippen molar-refractivity contribution in [1.29, 1.82) is 0 Å². The Labute approximate surface area is 251 Å². The second-order valence-corrected chi connectivity index (χ2v) is 10.6. The quantitative estimate of drug-likeness (QED) is 0.129. The van der Waals surface area contributed by atoms with Crippen molar-refractivity contribution < 1.29 is 20.4 Å². The first-order valence-electron chi connectivity index (χ1n) is 14.8. The van der Waals surface area contributed by atoms with Crippen LogP contribution in [0.15, 0.2) is 98.1 Å². The van der Waals surface area contributed by atoms with Crippen LogP contribution in [0.3, 0.4) is 0 Å². The summed E-state index contributed by atoms with van der Waals surface area (Å²) in [5.41, 5.74) is 7.21. The number of unbranched alkanes of at least 4 members (excludes halogenated alkanes) is 2. The van der Waals surface area contributed by atoms with E-state index in [2.05, 4.69) is 27.0 Å². The molecule has 4 aromatic rings. The predicted molar refractivity (Wildman–Crippen MR) is 175 cm³/mol. The molecule has 4 heteroatoms. The van der Waals surface area contributed by atoms with Crippen molar-refractivity contribution in [1.82, 2.24) is 0 Å². The summed E-state index contributed by atoms with van der Waals surface area (Å²) in [6.07, 6.45) is 11.6. The number of allylic oxidation sites excluding steroid dienone is 2. The van der Waals surface area contributed by atoms with Crippen molar-refractivity contribution in [2.75, 3.05) is 0 Å². The molecule has 0 unspecified atom stereocenters. The van der Waals surface area contributed by atoms with E-state index in [1.165, 1.54) is 11.1 Å². The maximum Gasteiger partial charge on any atom is 0.123 e. The lowest BCUT2D eigenvalue weighted by atomic mass is 9.96. The van der Waals surface area contributed by atoms with Crippen LogP contribution in [0, 0.1) is 0 Å². The zero-order chi connectivity index (χ0) is 30.5. The van der Waals surface area contributed by atoms with Crippen LogP contribution in [0.25, 0.3) is 22.3 Å². The molecule has 0 radical (unpaired) electrons. The van der Waals surface area contributed by atoms with Crippen molar-refractivity contribution in [3.63, 3.8) is 0 Å². The lowest BCUT2D eigenvalue weighted by Crippen LogP contribution is -1.90. The first-order valence-corrected chi connectivity index (χ1v) is 14.8. The van der Waals surface area contributed by atoms with Gasteiger partial charge in [-0.3, -0.25) is 0 Å². The third-order valence-corrected chi connectivity index (χ3v) is 7.22. The second-order valence-electron chi connectivity index (χ2n) is 10.6. The Bertz CT molecular complexity index is 1370. The molecule has 220 valence electrons. The number of aromatic hydroxyl groups is 4. The summed E-state index contributed by atoms with van der Waals surface area (Å²) in [5.74, 6) is 0.763. The summed E-state index contributed by atoms with van der Waals surface area (Å²) < 4.78 is 0. The van der Waals surface area contributed by atoms with Crippen LogP contribution in [0.4, 0.5) is 0 Å². The maximum absolute atomic E-state index is 10.2. The normalized spacial score (nSPS) is 10.5. The van der Waals surface area contributed by atoms with E-state index in [1.807, 2.05) is 60.7 Å². The average molecular weight is 565 g/mol. The van der Waals surface area contributed by atoms with Gasteiger partial charge in [0.05, 0.1) is 0 Å². The minimum absolute atomic E-state index is 0.156. The van der Waals surface area contributed by atoms with E-state index in [4.69, 9.17) is 0 Å². The van der Waals surface area contributed by atoms with Crippen molar-refractivity contribution in [2.45, 2.75) is 65.2 Å². The van der Waals surface area contributed by atoms with E-state index >= 15 is 0 Å². The van der Waals surface area contributed by atoms with Crippen LogP contribution in [0.5, 0.6) is 23.0 Å². The largest absolute Gasteiger partial charge is 0.507 e. The monoisotopic (exact) mass is 564 g/mol. The van der Waals surface area contributed by atoms with Crippen LogP contribution in [0.1, 0.15) is 61.8 Å². The van der Waals surface area contributed by atoms with E-state index in [0.717, 1.165) is 73.6 Å². The minimum atomic E-state index is 0.156. The molecule has 0 aliphatic rings. The molecule has 0 heterocycles. The number of hydrogen-bond acceptors (Lipinski definition) is 4. The van der Waals surface area contributed by atoms with E-state index in [0.29, 0.717) is 11.1 Å². The lowest BCUT2D eigenvalue weighted by molar-refractivity contribution is 0.469. The number of rotatable bonds is 12. The smallest absolute Gasteiger partial charge is 0.123 e. The second kappa shape index (κ2) is 16.1. The van der Waals surface area contributed by atoms with Gasteiger partial charge in [-0.15, -0.1) is 13.2 Å². The van der Waals surface area contributed by atoms with Gasteiger partial charge < -0.3 is 20.4 Å². The van der Waals surface area contributed by atoms with Gasteiger partial charge in [-0.1, -0.05) is 63.1 Å². The summed E-state index contributed by atoms with van der Waals surface area (Å²) in [6, 6.07) is 22.2. The number of hydrogen-bond donors (Lipinski definition) is 4. The van der Waals surface area contributed by atoms with E-state index < -0.39 is 0 Å². The summed E-state index contributed by atoms with van der Waals surface area (Å²) in [5, 5.41) is 40.5. The zero-order valence-corrected chi connectivity index (χ0v) is 24.9. The molecule has 0 aliphatic heterocycles. The summed E-state index contributed by atoms with van der Waals surface area (Å²) in [7, 11) is 0. The molecule has 0 fully saturated rings. The van der Waals surface area contributed by atoms with Crippen molar-refractivity contribution in [2.24, 2.45) is 0 Å². The standard InChI is InChI=1S/C20H26O2.C18H18O2/c1-3-5-7-15-9-11-19(21)17(13-15)18-14-16(8-6-4-2)10-12-20(18)22;1-3-5-13-7-9-17(19)15(11-13)16-12-14(6-4-2)8-10-18(16)20/h9-14,21-22H,3-8H2,1-2H3;3-4,7-12,19-20H,1-2,5-6H2. The Hall–Kier alpha value is -4.44. The van der Waals surface area contributed by atoms with E-state index in [9.17, 15) is 20.4 Å². The molecule has 0 aromatic heterocycles. The molecule has 4 rings (SSSR count). The third kappa shape index (κ3) is 8.78. The molecule has 0 amide bonds. The SMILES string of the molecule is C=CCc1ccc(O)c(-c2cc(CC=C)ccc2O)c1.CCCCc1ccc(O)c(-c2cc(CCCC)ccc2O)c1. The fourth-order valence-corrected chi connectivity index (χ4v) is 4.86. The van der Waals surface area contributed by atoms with Crippen molar-refractivity contribution in [3.05, 3.63) is 120 Å². The Morgan fingerprint density at radius 1 is 0.476 bits per heavy atom.